The van der Waals surface area contributed by atoms with Crippen molar-refractivity contribution >= 4 is 32.9 Å². The quantitative estimate of drug-likeness (QED) is 0.881. The molecular formula is C17H21N3O3S2. The molecule has 0 aromatic carbocycles. The van der Waals surface area contributed by atoms with E-state index in [2.05, 4.69) is 10.3 Å². The zero-order valence-corrected chi connectivity index (χ0v) is 15.9. The molecule has 0 saturated carbocycles. The number of rotatable bonds is 4. The molecule has 1 saturated heterocycles. The Bertz CT molecular complexity index is 869. The van der Waals surface area contributed by atoms with Gasteiger partial charge in [0.2, 0.25) is 0 Å². The third-order valence-corrected chi connectivity index (χ3v) is 6.36. The maximum absolute atomic E-state index is 12.3. The third-order valence-electron chi connectivity index (χ3n) is 4.24. The number of aromatic nitrogens is 1. The summed E-state index contributed by atoms with van der Waals surface area (Å²) < 4.78 is 23.9. The van der Waals surface area contributed by atoms with Crippen molar-refractivity contribution in [3.63, 3.8) is 0 Å². The van der Waals surface area contributed by atoms with Crippen LogP contribution in [0.4, 0.5) is 5.82 Å². The van der Waals surface area contributed by atoms with Crippen LogP contribution in [0.15, 0.2) is 35.4 Å². The summed E-state index contributed by atoms with van der Waals surface area (Å²) in [5, 5.41) is 3.07. The van der Waals surface area contributed by atoms with Crippen molar-refractivity contribution in [1.82, 2.24) is 10.3 Å². The molecular weight excluding hydrogens is 358 g/mol. The lowest BCUT2D eigenvalue weighted by molar-refractivity contribution is 0.0935. The normalized spacial score (nSPS) is 16.0. The van der Waals surface area contributed by atoms with Crippen LogP contribution < -0.4 is 10.2 Å². The number of sulfone groups is 1. The Morgan fingerprint density at radius 3 is 2.60 bits per heavy atom. The molecule has 3 rings (SSSR count). The van der Waals surface area contributed by atoms with E-state index in [4.69, 9.17) is 0 Å². The van der Waals surface area contributed by atoms with Crippen molar-refractivity contribution < 1.29 is 13.2 Å². The number of nitrogens with zero attached hydrogens (tertiary/aromatic N) is 2. The predicted molar refractivity (Wildman–Crippen MR) is 99.1 cm³/mol. The summed E-state index contributed by atoms with van der Waals surface area (Å²) in [6.07, 6.45) is 4.33. The van der Waals surface area contributed by atoms with E-state index in [9.17, 15) is 13.2 Å². The summed E-state index contributed by atoms with van der Waals surface area (Å²) in [5.74, 6) is 0.467. The first kappa shape index (κ1) is 17.9. The summed E-state index contributed by atoms with van der Waals surface area (Å²) >= 11 is 1.49. The molecule has 0 bridgehead atoms. The lowest BCUT2D eigenvalue weighted by atomic mass is 10.0. The molecule has 0 aliphatic carbocycles. The van der Waals surface area contributed by atoms with E-state index in [1.807, 2.05) is 24.0 Å². The molecule has 1 fully saturated rings. The maximum atomic E-state index is 12.3. The van der Waals surface area contributed by atoms with Crippen LogP contribution in [0, 0.1) is 6.92 Å². The van der Waals surface area contributed by atoms with Gasteiger partial charge in [-0.1, -0.05) is 0 Å². The number of anilines is 1. The molecule has 134 valence electrons. The number of thiophene rings is 1. The SMILES string of the molecule is Cc1ccc(C(=O)NC2CCN(c3ncccc3S(C)(=O)=O)CC2)s1. The molecule has 0 unspecified atom stereocenters. The van der Waals surface area contributed by atoms with Crippen LogP contribution >= 0.6 is 11.3 Å². The van der Waals surface area contributed by atoms with Gasteiger partial charge in [0.05, 0.1) is 4.88 Å². The van der Waals surface area contributed by atoms with E-state index in [1.165, 1.54) is 17.6 Å². The van der Waals surface area contributed by atoms with E-state index in [1.54, 1.807) is 18.3 Å². The van der Waals surface area contributed by atoms with Crippen LogP contribution in [0.1, 0.15) is 27.4 Å². The fourth-order valence-corrected chi connectivity index (χ4v) is 4.57. The van der Waals surface area contributed by atoms with Crippen molar-refractivity contribution in [3.05, 3.63) is 40.2 Å². The summed E-state index contributed by atoms with van der Waals surface area (Å²) in [5.41, 5.74) is 0. The molecule has 1 amide bonds. The maximum Gasteiger partial charge on any atom is 0.261 e. The lowest BCUT2D eigenvalue weighted by Gasteiger charge is -2.33. The van der Waals surface area contributed by atoms with Gasteiger partial charge >= 0.3 is 0 Å². The van der Waals surface area contributed by atoms with E-state index >= 15 is 0 Å². The summed E-state index contributed by atoms with van der Waals surface area (Å²) in [6.45, 7) is 3.30. The Hall–Kier alpha value is -1.93. The highest BCUT2D eigenvalue weighted by Crippen LogP contribution is 2.25. The van der Waals surface area contributed by atoms with Gasteiger partial charge in [-0.15, -0.1) is 11.3 Å². The Kier molecular flexibility index (Phi) is 5.10. The molecule has 2 aromatic heterocycles. The van der Waals surface area contributed by atoms with Crippen LogP contribution in [0.3, 0.4) is 0 Å². The van der Waals surface area contributed by atoms with Gasteiger partial charge in [0, 0.05) is 36.5 Å². The zero-order chi connectivity index (χ0) is 18.0. The fraction of sp³-hybridized carbons (Fsp3) is 0.412. The lowest BCUT2D eigenvalue weighted by Crippen LogP contribution is -2.45. The van der Waals surface area contributed by atoms with Gasteiger partial charge in [-0.3, -0.25) is 4.79 Å². The predicted octanol–water partition coefficient (Wildman–Crippen LogP) is 2.25. The Labute approximate surface area is 151 Å². The molecule has 8 heteroatoms. The van der Waals surface area contributed by atoms with E-state index in [0.717, 1.165) is 22.6 Å². The smallest absolute Gasteiger partial charge is 0.261 e. The topological polar surface area (TPSA) is 79.4 Å². The molecule has 0 spiro atoms. The zero-order valence-electron chi connectivity index (χ0n) is 14.2. The number of hydrogen-bond donors (Lipinski definition) is 1. The molecule has 2 aromatic rings. The summed E-state index contributed by atoms with van der Waals surface area (Å²) in [4.78, 5) is 20.6. The number of hydrogen-bond acceptors (Lipinski definition) is 6. The highest BCUT2D eigenvalue weighted by Gasteiger charge is 2.25. The second-order valence-corrected chi connectivity index (χ2v) is 9.51. The van der Waals surface area contributed by atoms with Crippen molar-refractivity contribution in [3.8, 4) is 0 Å². The molecule has 3 heterocycles. The van der Waals surface area contributed by atoms with E-state index < -0.39 is 9.84 Å². The first-order valence-corrected chi connectivity index (χ1v) is 10.8. The minimum absolute atomic E-state index is 0.0359. The molecule has 0 radical (unpaired) electrons. The average molecular weight is 380 g/mol. The van der Waals surface area contributed by atoms with Crippen molar-refractivity contribution in [2.24, 2.45) is 0 Å². The molecule has 1 N–H and O–H groups in total. The van der Waals surface area contributed by atoms with Crippen LogP contribution in [0.25, 0.3) is 0 Å². The molecule has 25 heavy (non-hydrogen) atoms. The molecule has 6 nitrogen and oxygen atoms in total. The monoisotopic (exact) mass is 379 g/mol. The number of amides is 1. The molecule has 1 aliphatic heterocycles. The molecule has 0 atom stereocenters. The second kappa shape index (κ2) is 7.13. The van der Waals surface area contributed by atoms with E-state index in [-0.39, 0.29) is 16.8 Å². The van der Waals surface area contributed by atoms with Gasteiger partial charge in [-0.2, -0.15) is 0 Å². The van der Waals surface area contributed by atoms with Gasteiger partial charge in [0.1, 0.15) is 10.7 Å². The van der Waals surface area contributed by atoms with Gasteiger partial charge < -0.3 is 10.2 Å². The summed E-state index contributed by atoms with van der Waals surface area (Å²) in [6, 6.07) is 7.10. The highest BCUT2D eigenvalue weighted by molar-refractivity contribution is 7.90. The number of aryl methyl sites for hydroxylation is 1. The van der Waals surface area contributed by atoms with Crippen LogP contribution in [-0.2, 0) is 9.84 Å². The minimum Gasteiger partial charge on any atom is -0.355 e. The number of nitrogens with one attached hydrogen (secondary N) is 1. The first-order valence-electron chi connectivity index (χ1n) is 8.12. The van der Waals surface area contributed by atoms with Crippen molar-refractivity contribution in [1.29, 1.82) is 0 Å². The largest absolute Gasteiger partial charge is 0.355 e. The fourth-order valence-electron chi connectivity index (χ4n) is 2.96. The van der Waals surface area contributed by atoms with Crippen LogP contribution in [-0.4, -0.2) is 44.7 Å². The first-order chi connectivity index (χ1) is 11.8. The highest BCUT2D eigenvalue weighted by atomic mass is 32.2. The van der Waals surface area contributed by atoms with Gasteiger partial charge in [-0.05, 0) is 44.0 Å². The van der Waals surface area contributed by atoms with Crippen LogP contribution in [0.5, 0.6) is 0 Å². The third kappa shape index (κ3) is 4.19. The molecule has 1 aliphatic rings. The van der Waals surface area contributed by atoms with Crippen molar-refractivity contribution in [2.75, 3.05) is 24.2 Å². The number of piperidine rings is 1. The average Bonchev–Trinajstić information content (AvgIpc) is 3.01. The number of carbonyl (C=O) groups is 1. The van der Waals surface area contributed by atoms with Gasteiger partial charge in [0.15, 0.2) is 9.84 Å². The second-order valence-electron chi connectivity index (χ2n) is 6.24. The minimum atomic E-state index is -3.32. The Morgan fingerprint density at radius 1 is 1.28 bits per heavy atom. The Balaban J connectivity index is 1.64. The van der Waals surface area contributed by atoms with Crippen LogP contribution in [0.2, 0.25) is 0 Å². The standard InChI is InChI=1S/C17H21N3O3S2/c1-12-5-6-14(24-12)17(21)19-13-7-10-20(11-8-13)16-15(25(2,22)23)4-3-9-18-16/h3-6,9,13H,7-8,10-11H2,1-2H3,(H,19,21). The van der Waals surface area contributed by atoms with Gasteiger partial charge in [0.25, 0.3) is 5.91 Å². The Morgan fingerprint density at radius 2 is 2.00 bits per heavy atom. The van der Waals surface area contributed by atoms with E-state index in [0.29, 0.717) is 18.9 Å². The number of pyridine rings is 1. The van der Waals surface area contributed by atoms with Gasteiger partial charge in [-0.25, -0.2) is 13.4 Å². The number of carbonyl (C=O) groups excluding carboxylic acids is 1. The van der Waals surface area contributed by atoms with Crippen molar-refractivity contribution in [2.45, 2.75) is 30.7 Å². The summed E-state index contributed by atoms with van der Waals surface area (Å²) in [7, 11) is -3.32.